The van der Waals surface area contributed by atoms with Gasteiger partial charge in [0.25, 0.3) is 5.91 Å². The summed E-state index contributed by atoms with van der Waals surface area (Å²) in [5.74, 6) is 0.619. The zero-order valence-corrected chi connectivity index (χ0v) is 16.9. The summed E-state index contributed by atoms with van der Waals surface area (Å²) in [6, 6.07) is 19.7. The van der Waals surface area contributed by atoms with Crippen LogP contribution in [-0.4, -0.2) is 17.0 Å². The van der Waals surface area contributed by atoms with Crippen LogP contribution in [0.5, 0.6) is 5.75 Å². The highest BCUT2D eigenvalue weighted by molar-refractivity contribution is 6.35. The van der Waals surface area contributed by atoms with Crippen LogP contribution >= 0.6 is 23.2 Å². The van der Waals surface area contributed by atoms with Gasteiger partial charge < -0.3 is 14.5 Å². The molecular weight excluding hydrogens is 411 g/mol. The Morgan fingerprint density at radius 3 is 2.55 bits per heavy atom. The number of rotatable bonds is 5. The topological polar surface area (TPSA) is 64.4 Å². The van der Waals surface area contributed by atoms with Crippen LogP contribution in [0.3, 0.4) is 0 Å². The van der Waals surface area contributed by atoms with Gasteiger partial charge in [-0.15, -0.1) is 0 Å². The number of carbonyl (C=O) groups excluding carboxylic acids is 1. The third kappa shape index (κ3) is 4.36. The molecule has 0 unspecified atom stereocenters. The molecule has 0 aliphatic rings. The van der Waals surface area contributed by atoms with E-state index in [1.54, 1.807) is 37.3 Å². The minimum Gasteiger partial charge on any atom is -0.479 e. The number of oxazole rings is 1. The first-order valence-electron chi connectivity index (χ1n) is 8.88. The van der Waals surface area contributed by atoms with Gasteiger partial charge in [-0.3, -0.25) is 4.79 Å². The molecule has 29 heavy (non-hydrogen) atoms. The molecule has 4 rings (SSSR count). The molecule has 5 nitrogen and oxygen atoms in total. The number of carbonyl (C=O) groups is 1. The van der Waals surface area contributed by atoms with E-state index in [9.17, 15) is 4.79 Å². The fourth-order valence-corrected chi connectivity index (χ4v) is 3.20. The predicted molar refractivity (Wildman–Crippen MR) is 115 cm³/mol. The zero-order valence-electron chi connectivity index (χ0n) is 15.4. The molecule has 1 aromatic heterocycles. The van der Waals surface area contributed by atoms with Crippen molar-refractivity contribution in [3.8, 4) is 17.2 Å². The van der Waals surface area contributed by atoms with Gasteiger partial charge in [0.1, 0.15) is 11.3 Å². The van der Waals surface area contributed by atoms with Crippen LogP contribution in [-0.2, 0) is 4.79 Å². The van der Waals surface area contributed by atoms with E-state index in [4.69, 9.17) is 32.4 Å². The smallest absolute Gasteiger partial charge is 0.265 e. The van der Waals surface area contributed by atoms with Gasteiger partial charge in [0, 0.05) is 16.3 Å². The Hall–Kier alpha value is -3.02. The quantitative estimate of drug-likeness (QED) is 0.412. The van der Waals surface area contributed by atoms with Crippen LogP contribution in [0.4, 0.5) is 5.69 Å². The molecule has 146 valence electrons. The summed E-state index contributed by atoms with van der Waals surface area (Å²) in [5, 5.41) is 3.66. The number of halogens is 2. The van der Waals surface area contributed by atoms with Crippen molar-refractivity contribution in [2.24, 2.45) is 0 Å². The first-order valence-corrected chi connectivity index (χ1v) is 9.64. The number of benzene rings is 3. The number of nitrogens with one attached hydrogen (secondary N) is 1. The minimum absolute atomic E-state index is 0.300. The van der Waals surface area contributed by atoms with Gasteiger partial charge in [-0.1, -0.05) is 35.3 Å². The second-order valence-electron chi connectivity index (χ2n) is 6.39. The number of nitrogens with zero attached hydrogens (tertiary/aromatic N) is 1. The number of fused-ring (bicyclic) bond motifs is 1. The summed E-state index contributed by atoms with van der Waals surface area (Å²) in [7, 11) is 0. The van der Waals surface area contributed by atoms with Crippen LogP contribution < -0.4 is 10.1 Å². The van der Waals surface area contributed by atoms with Crippen LogP contribution in [0.25, 0.3) is 22.6 Å². The van der Waals surface area contributed by atoms with E-state index >= 15 is 0 Å². The van der Waals surface area contributed by atoms with Crippen LogP contribution in [0.2, 0.25) is 10.0 Å². The monoisotopic (exact) mass is 426 g/mol. The van der Waals surface area contributed by atoms with Gasteiger partial charge in [0.2, 0.25) is 5.89 Å². The second-order valence-corrected chi connectivity index (χ2v) is 7.23. The van der Waals surface area contributed by atoms with Gasteiger partial charge in [-0.25, -0.2) is 4.98 Å². The van der Waals surface area contributed by atoms with Crippen molar-refractivity contribution >= 4 is 45.9 Å². The normalized spacial score (nSPS) is 12.0. The van der Waals surface area contributed by atoms with Gasteiger partial charge in [0.05, 0.1) is 5.02 Å². The average molecular weight is 427 g/mol. The second kappa shape index (κ2) is 8.15. The Labute approximate surface area is 177 Å². The molecule has 0 saturated carbocycles. The molecular formula is C22H16Cl2N2O3. The minimum atomic E-state index is -0.745. The first-order chi connectivity index (χ1) is 14.0. The van der Waals surface area contributed by atoms with Crippen LogP contribution in [0, 0.1) is 0 Å². The van der Waals surface area contributed by atoms with Gasteiger partial charge >= 0.3 is 0 Å². The lowest BCUT2D eigenvalue weighted by molar-refractivity contribution is -0.122. The Morgan fingerprint density at radius 2 is 1.83 bits per heavy atom. The molecule has 1 amide bonds. The molecule has 7 heteroatoms. The molecule has 0 spiro atoms. The van der Waals surface area contributed by atoms with Gasteiger partial charge in [-0.05, 0) is 61.5 Å². The standard InChI is InChI=1S/C22H16Cl2N2O3/c1-13(28-19-11-8-15(23)12-17(19)24)21(27)25-16-9-6-14(7-10-16)22-26-18-4-2-3-5-20(18)29-22/h2-13H,1H3,(H,25,27)/t13-/m0/s1. The SMILES string of the molecule is C[C@H](Oc1ccc(Cl)cc1Cl)C(=O)Nc1ccc(-c2nc3ccccc3o2)cc1. The largest absolute Gasteiger partial charge is 0.479 e. The van der Waals surface area contributed by atoms with Gasteiger partial charge in [-0.2, -0.15) is 0 Å². The van der Waals surface area contributed by atoms with Crippen LogP contribution in [0.15, 0.2) is 71.1 Å². The Balaban J connectivity index is 1.43. The lowest BCUT2D eigenvalue weighted by Gasteiger charge is -2.16. The van der Waals surface area contributed by atoms with E-state index in [-0.39, 0.29) is 5.91 Å². The Bertz CT molecular complexity index is 1140. The maximum Gasteiger partial charge on any atom is 0.265 e. The Kier molecular flexibility index (Phi) is 5.43. The summed E-state index contributed by atoms with van der Waals surface area (Å²) in [5.41, 5.74) is 2.97. The molecule has 0 aliphatic carbocycles. The number of aromatic nitrogens is 1. The average Bonchev–Trinajstić information content (AvgIpc) is 3.15. The third-order valence-electron chi connectivity index (χ3n) is 4.26. The van der Waals surface area contributed by atoms with Gasteiger partial charge in [0.15, 0.2) is 11.7 Å². The lowest BCUT2D eigenvalue weighted by Crippen LogP contribution is -2.30. The Morgan fingerprint density at radius 1 is 1.07 bits per heavy atom. The number of hydrogen-bond donors (Lipinski definition) is 1. The van der Waals surface area contributed by atoms with Crippen LogP contribution in [0.1, 0.15) is 6.92 Å². The zero-order chi connectivity index (χ0) is 20.4. The summed E-state index contributed by atoms with van der Waals surface area (Å²) >= 11 is 12.0. The van der Waals surface area contributed by atoms with E-state index in [0.717, 1.165) is 16.7 Å². The molecule has 3 aromatic carbocycles. The predicted octanol–water partition coefficient (Wildman–Crippen LogP) is 6.21. The van der Waals surface area contributed by atoms with Crippen molar-refractivity contribution in [1.82, 2.24) is 4.98 Å². The molecule has 1 atom stereocenters. The molecule has 0 aliphatic heterocycles. The molecule has 1 N–H and O–H groups in total. The number of anilines is 1. The van der Waals surface area contributed by atoms with Crippen molar-refractivity contribution < 1.29 is 13.9 Å². The van der Waals surface area contributed by atoms with Crippen molar-refractivity contribution in [3.63, 3.8) is 0 Å². The van der Waals surface area contributed by atoms with E-state index < -0.39 is 6.10 Å². The van der Waals surface area contributed by atoms with Crippen molar-refractivity contribution in [1.29, 1.82) is 0 Å². The van der Waals surface area contributed by atoms with Crippen molar-refractivity contribution in [2.45, 2.75) is 13.0 Å². The first kappa shape index (κ1) is 19.3. The summed E-state index contributed by atoms with van der Waals surface area (Å²) in [4.78, 5) is 16.9. The fraction of sp³-hybridized carbons (Fsp3) is 0.0909. The summed E-state index contributed by atoms with van der Waals surface area (Å²) in [6.45, 7) is 1.65. The fourth-order valence-electron chi connectivity index (χ4n) is 2.75. The lowest BCUT2D eigenvalue weighted by atomic mass is 10.2. The van der Waals surface area contributed by atoms with Crippen molar-refractivity contribution in [3.05, 3.63) is 76.8 Å². The number of ether oxygens (including phenoxy) is 1. The molecule has 0 fully saturated rings. The maximum atomic E-state index is 12.4. The maximum absolute atomic E-state index is 12.4. The number of para-hydroxylation sites is 2. The third-order valence-corrected chi connectivity index (χ3v) is 4.79. The van der Waals surface area contributed by atoms with E-state index in [2.05, 4.69) is 10.3 Å². The van der Waals surface area contributed by atoms with Crippen molar-refractivity contribution in [2.75, 3.05) is 5.32 Å². The van der Waals surface area contributed by atoms with E-state index in [0.29, 0.717) is 27.4 Å². The van der Waals surface area contributed by atoms with E-state index in [1.807, 2.05) is 36.4 Å². The molecule has 0 radical (unpaired) electrons. The molecule has 0 bridgehead atoms. The number of amides is 1. The summed E-state index contributed by atoms with van der Waals surface area (Å²) < 4.78 is 11.4. The highest BCUT2D eigenvalue weighted by Crippen LogP contribution is 2.29. The summed E-state index contributed by atoms with van der Waals surface area (Å²) in [6.07, 6.45) is -0.745. The molecule has 4 aromatic rings. The molecule has 1 heterocycles. The van der Waals surface area contributed by atoms with E-state index in [1.165, 1.54) is 0 Å². The highest BCUT2D eigenvalue weighted by atomic mass is 35.5. The highest BCUT2D eigenvalue weighted by Gasteiger charge is 2.17. The number of hydrogen-bond acceptors (Lipinski definition) is 4. The molecule has 0 saturated heterocycles.